The van der Waals surface area contributed by atoms with Gasteiger partial charge in [-0.05, 0) is 48.0 Å². The number of carbonyl (C=O) groups is 2. The second-order valence-corrected chi connectivity index (χ2v) is 6.79. The lowest BCUT2D eigenvalue weighted by atomic mass is 10.1. The van der Waals surface area contributed by atoms with Crippen molar-refractivity contribution in [3.8, 4) is 5.75 Å². The van der Waals surface area contributed by atoms with Crippen molar-refractivity contribution in [2.24, 2.45) is 0 Å². The number of anilines is 1. The Balaban J connectivity index is 1.82. The molecule has 0 saturated carbocycles. The fourth-order valence-corrected chi connectivity index (χ4v) is 3.08. The SMILES string of the molecule is O=C(S)N(C(=O)c1ccc(Cl)cc1)c1ccccc1CCOc1ccccc1. The molecule has 0 atom stereocenters. The fraction of sp³-hybridized carbons (Fsp3) is 0.0909. The number of halogens is 1. The van der Waals surface area contributed by atoms with E-state index in [-0.39, 0.29) is 0 Å². The van der Waals surface area contributed by atoms with Crippen LogP contribution in [0.15, 0.2) is 78.9 Å². The molecule has 4 nitrogen and oxygen atoms in total. The summed E-state index contributed by atoms with van der Waals surface area (Å²) in [5, 5.41) is -0.143. The van der Waals surface area contributed by atoms with Crippen molar-refractivity contribution in [2.45, 2.75) is 6.42 Å². The van der Waals surface area contributed by atoms with Crippen LogP contribution >= 0.6 is 24.2 Å². The summed E-state index contributed by atoms with van der Waals surface area (Å²) in [6.45, 7) is 0.408. The Hall–Kier alpha value is -2.76. The number of imide groups is 1. The number of ether oxygens (including phenoxy) is 1. The predicted molar refractivity (Wildman–Crippen MR) is 115 cm³/mol. The van der Waals surface area contributed by atoms with Gasteiger partial charge in [-0.1, -0.05) is 60.6 Å². The van der Waals surface area contributed by atoms with Crippen LogP contribution in [0.4, 0.5) is 10.5 Å². The third-order valence-corrected chi connectivity index (χ3v) is 4.55. The lowest BCUT2D eigenvalue weighted by Gasteiger charge is -2.22. The molecular formula is C22H18ClNO3S. The molecule has 0 bridgehead atoms. The van der Waals surface area contributed by atoms with Gasteiger partial charge in [0.05, 0.1) is 12.3 Å². The average molecular weight is 412 g/mol. The van der Waals surface area contributed by atoms with E-state index >= 15 is 0 Å². The Bertz CT molecular complexity index is 961. The number of para-hydroxylation sites is 2. The van der Waals surface area contributed by atoms with E-state index in [0.717, 1.165) is 16.2 Å². The van der Waals surface area contributed by atoms with Gasteiger partial charge in [-0.2, -0.15) is 0 Å². The minimum Gasteiger partial charge on any atom is -0.493 e. The molecule has 0 spiro atoms. The fourth-order valence-electron chi connectivity index (χ4n) is 2.76. The monoisotopic (exact) mass is 411 g/mol. The molecule has 3 aromatic carbocycles. The Labute approximate surface area is 174 Å². The second kappa shape index (κ2) is 9.44. The van der Waals surface area contributed by atoms with Gasteiger partial charge in [0, 0.05) is 17.0 Å². The molecular weight excluding hydrogens is 394 g/mol. The van der Waals surface area contributed by atoms with Gasteiger partial charge >= 0.3 is 0 Å². The number of hydrogen-bond donors (Lipinski definition) is 1. The maximum atomic E-state index is 12.9. The van der Waals surface area contributed by atoms with Crippen molar-refractivity contribution in [3.63, 3.8) is 0 Å². The standard InChI is InChI=1S/C22H18ClNO3S/c23-18-12-10-17(11-13-18)21(25)24(22(26)28)20-9-5-4-6-16(20)14-15-27-19-7-2-1-3-8-19/h1-13H,14-15H2,(H,26,28). The molecule has 0 fully saturated rings. The molecule has 3 rings (SSSR count). The van der Waals surface area contributed by atoms with E-state index in [0.29, 0.717) is 29.3 Å². The summed E-state index contributed by atoms with van der Waals surface area (Å²) in [7, 11) is 0. The van der Waals surface area contributed by atoms with Crippen molar-refractivity contribution in [2.75, 3.05) is 11.5 Å². The summed E-state index contributed by atoms with van der Waals surface area (Å²) < 4.78 is 5.74. The van der Waals surface area contributed by atoms with Crippen molar-refractivity contribution in [1.82, 2.24) is 0 Å². The Morgan fingerprint density at radius 2 is 1.54 bits per heavy atom. The van der Waals surface area contributed by atoms with Gasteiger partial charge in [-0.3, -0.25) is 9.59 Å². The minimum absolute atomic E-state index is 0.349. The molecule has 0 saturated heterocycles. The van der Waals surface area contributed by atoms with Gasteiger partial charge in [0.2, 0.25) is 0 Å². The molecule has 0 unspecified atom stereocenters. The van der Waals surface area contributed by atoms with Gasteiger partial charge in [-0.25, -0.2) is 4.90 Å². The zero-order chi connectivity index (χ0) is 19.9. The molecule has 3 aromatic rings. The molecule has 0 radical (unpaired) electrons. The van der Waals surface area contributed by atoms with Crippen molar-refractivity contribution >= 4 is 41.1 Å². The molecule has 28 heavy (non-hydrogen) atoms. The highest BCUT2D eigenvalue weighted by molar-refractivity contribution is 7.97. The van der Waals surface area contributed by atoms with Crippen LogP contribution in [0.3, 0.4) is 0 Å². The van der Waals surface area contributed by atoms with E-state index in [9.17, 15) is 9.59 Å². The van der Waals surface area contributed by atoms with Gasteiger partial charge < -0.3 is 4.74 Å². The van der Waals surface area contributed by atoms with Crippen LogP contribution in [-0.2, 0) is 6.42 Å². The highest BCUT2D eigenvalue weighted by Crippen LogP contribution is 2.25. The first kappa shape index (κ1) is 20.0. The maximum Gasteiger partial charge on any atom is 0.290 e. The van der Waals surface area contributed by atoms with Gasteiger partial charge in [0.15, 0.2) is 0 Å². The first-order valence-electron chi connectivity index (χ1n) is 8.65. The molecule has 0 N–H and O–H groups in total. The third-order valence-electron chi connectivity index (χ3n) is 4.10. The van der Waals surface area contributed by atoms with Crippen LogP contribution < -0.4 is 9.64 Å². The zero-order valence-electron chi connectivity index (χ0n) is 14.9. The average Bonchev–Trinajstić information content (AvgIpc) is 2.70. The number of thiol groups is 1. The van der Waals surface area contributed by atoms with E-state index in [2.05, 4.69) is 12.6 Å². The van der Waals surface area contributed by atoms with E-state index in [4.69, 9.17) is 16.3 Å². The summed E-state index contributed by atoms with van der Waals surface area (Å²) in [6.07, 6.45) is 0.524. The first-order chi connectivity index (χ1) is 13.6. The Morgan fingerprint density at radius 3 is 2.21 bits per heavy atom. The summed E-state index contributed by atoms with van der Waals surface area (Å²) in [5.41, 5.74) is 1.64. The molecule has 0 aromatic heterocycles. The van der Waals surface area contributed by atoms with E-state index in [1.165, 1.54) is 0 Å². The molecule has 0 aliphatic heterocycles. The molecule has 2 amide bonds. The summed E-state index contributed by atoms with van der Waals surface area (Å²) >= 11 is 9.81. The number of nitrogens with zero attached hydrogens (tertiary/aromatic N) is 1. The summed E-state index contributed by atoms with van der Waals surface area (Å²) in [4.78, 5) is 26.2. The molecule has 0 aliphatic rings. The van der Waals surface area contributed by atoms with Crippen molar-refractivity contribution in [1.29, 1.82) is 0 Å². The summed E-state index contributed by atoms with van der Waals surface area (Å²) in [5.74, 6) is 0.299. The molecule has 0 heterocycles. The lowest BCUT2D eigenvalue weighted by molar-refractivity contribution is 0.0997. The first-order valence-corrected chi connectivity index (χ1v) is 9.47. The normalized spacial score (nSPS) is 10.4. The van der Waals surface area contributed by atoms with Gasteiger partial charge in [0.25, 0.3) is 11.1 Å². The van der Waals surface area contributed by atoms with E-state index in [1.807, 2.05) is 42.5 Å². The quantitative estimate of drug-likeness (QED) is 0.532. The Morgan fingerprint density at radius 1 is 0.893 bits per heavy atom. The van der Waals surface area contributed by atoms with Crippen LogP contribution in [0.5, 0.6) is 5.75 Å². The number of hydrogen-bond acceptors (Lipinski definition) is 3. The zero-order valence-corrected chi connectivity index (χ0v) is 16.6. The molecule has 0 aliphatic carbocycles. The van der Waals surface area contributed by atoms with Gasteiger partial charge in [0.1, 0.15) is 5.75 Å². The van der Waals surface area contributed by atoms with Crippen molar-refractivity contribution in [3.05, 3.63) is 95.0 Å². The highest BCUT2D eigenvalue weighted by Gasteiger charge is 2.24. The van der Waals surface area contributed by atoms with Gasteiger partial charge in [-0.15, -0.1) is 0 Å². The topological polar surface area (TPSA) is 46.6 Å². The van der Waals surface area contributed by atoms with E-state index < -0.39 is 11.1 Å². The predicted octanol–water partition coefficient (Wildman–Crippen LogP) is 5.66. The van der Waals surface area contributed by atoms with Crippen LogP contribution in [-0.4, -0.2) is 17.8 Å². The highest BCUT2D eigenvalue weighted by atomic mass is 35.5. The van der Waals surface area contributed by atoms with Crippen LogP contribution in [0.2, 0.25) is 5.02 Å². The minimum atomic E-state index is -0.656. The van der Waals surface area contributed by atoms with Crippen LogP contribution in [0, 0.1) is 0 Å². The lowest BCUT2D eigenvalue weighted by Crippen LogP contribution is -2.34. The number of benzene rings is 3. The van der Waals surface area contributed by atoms with Crippen molar-refractivity contribution < 1.29 is 14.3 Å². The Kier molecular flexibility index (Phi) is 6.74. The summed E-state index contributed by atoms with van der Waals surface area (Å²) in [6, 6.07) is 23.0. The number of rotatable bonds is 6. The number of amides is 2. The van der Waals surface area contributed by atoms with Crippen LogP contribution in [0.25, 0.3) is 0 Å². The smallest absolute Gasteiger partial charge is 0.290 e. The maximum absolute atomic E-state index is 12.9. The largest absolute Gasteiger partial charge is 0.493 e. The molecule has 142 valence electrons. The number of carbonyl (C=O) groups excluding carboxylic acids is 2. The van der Waals surface area contributed by atoms with Crippen LogP contribution in [0.1, 0.15) is 15.9 Å². The third kappa shape index (κ3) is 4.94. The van der Waals surface area contributed by atoms with E-state index in [1.54, 1.807) is 36.4 Å². The molecule has 6 heteroatoms. The second-order valence-electron chi connectivity index (χ2n) is 5.97.